The van der Waals surface area contributed by atoms with Crippen LogP contribution in [0.3, 0.4) is 0 Å². The molecule has 0 aliphatic carbocycles. The van der Waals surface area contributed by atoms with Gasteiger partial charge in [-0.2, -0.15) is 0 Å². The molecular formula is C18H16O5S. The van der Waals surface area contributed by atoms with Crippen molar-refractivity contribution < 1.29 is 18.5 Å². The van der Waals surface area contributed by atoms with Crippen LogP contribution < -0.4 is 5.43 Å². The Balaban J connectivity index is 2.39. The highest BCUT2D eigenvalue weighted by atomic mass is 32.2. The number of carbonyl (C=O) groups is 1. The largest absolute Gasteiger partial charge is 0.478 e. The predicted molar refractivity (Wildman–Crippen MR) is 93.2 cm³/mol. The van der Waals surface area contributed by atoms with Crippen LogP contribution in [0.25, 0.3) is 21.9 Å². The van der Waals surface area contributed by atoms with Gasteiger partial charge in [0.2, 0.25) is 5.43 Å². The number of carboxylic acid groups (broad SMARTS) is 1. The molecule has 0 fully saturated rings. The fourth-order valence-electron chi connectivity index (χ4n) is 2.62. The van der Waals surface area contributed by atoms with Gasteiger partial charge in [-0.15, -0.1) is 0 Å². The van der Waals surface area contributed by atoms with Crippen LogP contribution in [0.15, 0.2) is 44.4 Å². The highest BCUT2D eigenvalue weighted by Gasteiger charge is 2.16. The standard InChI is InChI=1S/C18H16O5S/c1-9(2)24(22)12-6-10(3)17-14(8-12)16(19)13-7-11(18(20)21)4-5-15(13)23-17/h4-9H,1-3H3,(H,20,21). The minimum absolute atomic E-state index is 0.0211. The van der Waals surface area contributed by atoms with Crippen molar-refractivity contribution in [1.29, 1.82) is 0 Å². The SMILES string of the molecule is Cc1cc(S(=O)C(C)C)cc2c(=O)c3cc(C(=O)O)ccc3oc12. The van der Waals surface area contributed by atoms with Gasteiger partial charge in [0.1, 0.15) is 11.2 Å². The molecule has 1 aromatic heterocycles. The monoisotopic (exact) mass is 344 g/mol. The number of benzene rings is 2. The van der Waals surface area contributed by atoms with Crippen molar-refractivity contribution >= 4 is 38.7 Å². The van der Waals surface area contributed by atoms with E-state index in [-0.39, 0.29) is 21.6 Å². The summed E-state index contributed by atoms with van der Waals surface area (Å²) in [5, 5.41) is 9.54. The highest BCUT2D eigenvalue weighted by molar-refractivity contribution is 7.85. The van der Waals surface area contributed by atoms with Crippen molar-refractivity contribution in [3.63, 3.8) is 0 Å². The molecule has 1 heterocycles. The first-order valence-electron chi connectivity index (χ1n) is 7.44. The van der Waals surface area contributed by atoms with Crippen LogP contribution in [0.5, 0.6) is 0 Å². The Morgan fingerprint density at radius 2 is 1.88 bits per heavy atom. The lowest BCUT2D eigenvalue weighted by Gasteiger charge is -2.10. The number of hydrogen-bond acceptors (Lipinski definition) is 4. The average molecular weight is 344 g/mol. The Morgan fingerprint density at radius 1 is 1.17 bits per heavy atom. The molecule has 0 saturated carbocycles. The molecule has 3 rings (SSSR count). The van der Waals surface area contributed by atoms with Crippen molar-refractivity contribution in [3.05, 3.63) is 51.7 Å². The summed E-state index contributed by atoms with van der Waals surface area (Å²) in [6, 6.07) is 7.54. The van der Waals surface area contributed by atoms with E-state index in [4.69, 9.17) is 9.52 Å². The molecule has 124 valence electrons. The zero-order valence-electron chi connectivity index (χ0n) is 13.5. The van der Waals surface area contributed by atoms with Crippen LogP contribution in [-0.2, 0) is 10.8 Å². The first kappa shape index (κ1) is 16.4. The van der Waals surface area contributed by atoms with E-state index in [0.717, 1.165) is 5.56 Å². The number of fused-ring (bicyclic) bond motifs is 2. The Morgan fingerprint density at radius 3 is 2.50 bits per heavy atom. The van der Waals surface area contributed by atoms with E-state index in [9.17, 15) is 13.8 Å². The van der Waals surface area contributed by atoms with E-state index in [1.165, 1.54) is 18.2 Å². The van der Waals surface area contributed by atoms with Crippen LogP contribution in [0.2, 0.25) is 0 Å². The molecule has 0 aliphatic rings. The summed E-state index contributed by atoms with van der Waals surface area (Å²) in [5.41, 5.74) is 1.18. The van der Waals surface area contributed by atoms with E-state index in [0.29, 0.717) is 21.4 Å². The summed E-state index contributed by atoms with van der Waals surface area (Å²) >= 11 is 0. The molecule has 2 aromatic carbocycles. The lowest BCUT2D eigenvalue weighted by molar-refractivity contribution is 0.0697. The van der Waals surface area contributed by atoms with Gasteiger partial charge in [-0.05, 0) is 42.8 Å². The molecule has 6 heteroatoms. The number of aryl methyl sites for hydroxylation is 1. The number of aromatic carboxylic acids is 1. The summed E-state index contributed by atoms with van der Waals surface area (Å²) in [6.07, 6.45) is 0. The van der Waals surface area contributed by atoms with E-state index < -0.39 is 16.8 Å². The fraction of sp³-hybridized carbons (Fsp3) is 0.222. The van der Waals surface area contributed by atoms with Gasteiger partial charge in [0.25, 0.3) is 0 Å². The normalized spacial score (nSPS) is 12.8. The third-order valence-corrected chi connectivity index (χ3v) is 5.39. The van der Waals surface area contributed by atoms with Gasteiger partial charge in [0.15, 0.2) is 0 Å². The summed E-state index contributed by atoms with van der Waals surface area (Å²) in [5.74, 6) is -1.11. The van der Waals surface area contributed by atoms with Gasteiger partial charge in [-0.25, -0.2) is 4.79 Å². The third-order valence-electron chi connectivity index (χ3n) is 3.84. The van der Waals surface area contributed by atoms with Crippen LogP contribution in [0.4, 0.5) is 0 Å². The molecule has 0 spiro atoms. The molecular weight excluding hydrogens is 328 g/mol. The molecule has 0 radical (unpaired) electrons. The second kappa shape index (κ2) is 5.87. The lowest BCUT2D eigenvalue weighted by atomic mass is 10.1. The Kier molecular flexibility index (Phi) is 4.01. The van der Waals surface area contributed by atoms with Gasteiger partial charge in [-0.1, -0.05) is 13.8 Å². The molecule has 0 saturated heterocycles. The van der Waals surface area contributed by atoms with E-state index in [2.05, 4.69) is 0 Å². The second-order valence-corrected chi connectivity index (χ2v) is 7.92. The average Bonchev–Trinajstić information content (AvgIpc) is 2.54. The summed E-state index contributed by atoms with van der Waals surface area (Å²) in [6.45, 7) is 5.49. The molecule has 0 bridgehead atoms. The quantitative estimate of drug-likeness (QED) is 0.736. The van der Waals surface area contributed by atoms with Crippen molar-refractivity contribution in [2.24, 2.45) is 0 Å². The second-order valence-electron chi connectivity index (χ2n) is 5.91. The minimum atomic E-state index is -1.23. The third kappa shape index (κ3) is 2.63. The molecule has 0 amide bonds. The van der Waals surface area contributed by atoms with Gasteiger partial charge < -0.3 is 9.52 Å². The molecule has 0 aliphatic heterocycles. The maximum absolute atomic E-state index is 12.8. The van der Waals surface area contributed by atoms with Crippen molar-refractivity contribution in [1.82, 2.24) is 0 Å². The Labute approximate surface area is 140 Å². The van der Waals surface area contributed by atoms with Crippen LogP contribution in [-0.4, -0.2) is 20.5 Å². The maximum Gasteiger partial charge on any atom is 0.335 e. The minimum Gasteiger partial charge on any atom is -0.478 e. The van der Waals surface area contributed by atoms with Crippen molar-refractivity contribution in [2.75, 3.05) is 0 Å². The number of hydrogen-bond donors (Lipinski definition) is 1. The Bertz CT molecular complexity index is 1060. The van der Waals surface area contributed by atoms with E-state index in [1.807, 2.05) is 13.8 Å². The lowest BCUT2D eigenvalue weighted by Crippen LogP contribution is -2.09. The van der Waals surface area contributed by atoms with Crippen molar-refractivity contribution in [2.45, 2.75) is 30.9 Å². The highest BCUT2D eigenvalue weighted by Crippen LogP contribution is 2.25. The van der Waals surface area contributed by atoms with Crippen LogP contribution in [0, 0.1) is 6.92 Å². The van der Waals surface area contributed by atoms with Gasteiger partial charge >= 0.3 is 5.97 Å². The molecule has 24 heavy (non-hydrogen) atoms. The maximum atomic E-state index is 12.8. The first-order valence-corrected chi connectivity index (χ1v) is 8.66. The zero-order valence-corrected chi connectivity index (χ0v) is 14.3. The first-order chi connectivity index (χ1) is 11.3. The number of carboxylic acids is 1. The molecule has 1 atom stereocenters. The van der Waals surface area contributed by atoms with Crippen LogP contribution in [0.1, 0.15) is 29.8 Å². The zero-order chi connectivity index (χ0) is 17.6. The van der Waals surface area contributed by atoms with Gasteiger partial charge in [0.05, 0.1) is 27.1 Å². The van der Waals surface area contributed by atoms with Gasteiger partial charge in [-0.3, -0.25) is 9.00 Å². The summed E-state index contributed by atoms with van der Waals surface area (Å²) in [4.78, 5) is 24.5. The summed E-state index contributed by atoms with van der Waals surface area (Å²) in [7, 11) is -1.23. The fourth-order valence-corrected chi connectivity index (χ4v) is 3.69. The van der Waals surface area contributed by atoms with E-state index in [1.54, 1.807) is 19.1 Å². The van der Waals surface area contributed by atoms with Crippen molar-refractivity contribution in [3.8, 4) is 0 Å². The molecule has 1 unspecified atom stereocenters. The Hall–Kier alpha value is -2.47. The topological polar surface area (TPSA) is 84.6 Å². The molecule has 1 N–H and O–H groups in total. The van der Waals surface area contributed by atoms with E-state index >= 15 is 0 Å². The van der Waals surface area contributed by atoms with Gasteiger partial charge in [0, 0.05) is 10.1 Å². The smallest absolute Gasteiger partial charge is 0.335 e. The summed E-state index contributed by atoms with van der Waals surface area (Å²) < 4.78 is 18.2. The predicted octanol–water partition coefficient (Wildman–Crippen LogP) is 3.47. The number of rotatable bonds is 3. The molecule has 5 nitrogen and oxygen atoms in total. The molecule has 3 aromatic rings. The van der Waals surface area contributed by atoms with Crippen LogP contribution >= 0.6 is 0 Å².